The summed E-state index contributed by atoms with van der Waals surface area (Å²) < 4.78 is 3.60. The highest BCUT2D eigenvalue weighted by molar-refractivity contribution is 14.1. The Labute approximate surface area is 209 Å². The van der Waals surface area contributed by atoms with E-state index in [-0.39, 0.29) is 21.8 Å². The molecule has 1 aliphatic heterocycles. The first-order valence-electron chi connectivity index (χ1n) is 9.71. The second-order valence-corrected chi connectivity index (χ2v) is 9.62. The van der Waals surface area contributed by atoms with E-state index in [1.807, 2.05) is 0 Å². The number of hydrogen-bond acceptors (Lipinski definition) is 7. The van der Waals surface area contributed by atoms with Crippen molar-refractivity contribution in [3.63, 3.8) is 0 Å². The molecule has 1 aliphatic rings. The van der Waals surface area contributed by atoms with Crippen LogP contribution in [0.1, 0.15) is 5.56 Å². The third kappa shape index (κ3) is 4.35. The summed E-state index contributed by atoms with van der Waals surface area (Å²) >= 11 is 2.71. The second kappa shape index (κ2) is 9.06. The van der Waals surface area contributed by atoms with Crippen LogP contribution in [-0.2, 0) is 23.7 Å². The van der Waals surface area contributed by atoms with Gasteiger partial charge >= 0.3 is 5.69 Å². The van der Waals surface area contributed by atoms with E-state index in [4.69, 9.17) is 0 Å². The number of nitrogens with zero attached hydrogens (tertiary/aromatic N) is 4. The first-order valence-corrected chi connectivity index (χ1v) is 11.6. The summed E-state index contributed by atoms with van der Waals surface area (Å²) in [7, 11) is 3.03. The number of imidazole rings is 1. The Balaban J connectivity index is 1.62. The fourth-order valence-corrected chi connectivity index (χ4v) is 4.67. The molecule has 1 N–H and O–H groups in total. The van der Waals surface area contributed by atoms with E-state index >= 15 is 0 Å². The van der Waals surface area contributed by atoms with Gasteiger partial charge in [0.2, 0.25) is 5.91 Å². The number of nitro benzene ring substituents is 1. The summed E-state index contributed by atoms with van der Waals surface area (Å²) in [6, 6.07) is 9.66. The lowest BCUT2D eigenvalue weighted by molar-refractivity contribution is -0.385. The van der Waals surface area contributed by atoms with E-state index < -0.39 is 28.5 Å². The molecule has 0 spiro atoms. The van der Waals surface area contributed by atoms with Crippen molar-refractivity contribution in [3.8, 4) is 0 Å². The minimum Gasteiger partial charge on any atom is -0.325 e. The maximum absolute atomic E-state index is 12.8. The van der Waals surface area contributed by atoms with Crippen LogP contribution in [0.5, 0.6) is 0 Å². The molecule has 11 nitrogen and oxygen atoms in total. The van der Waals surface area contributed by atoms with E-state index in [0.717, 1.165) is 8.47 Å². The van der Waals surface area contributed by atoms with Crippen molar-refractivity contribution in [1.82, 2.24) is 14.0 Å². The first kappa shape index (κ1) is 23.7. The zero-order valence-electron chi connectivity index (χ0n) is 17.8. The van der Waals surface area contributed by atoms with Crippen molar-refractivity contribution in [2.75, 3.05) is 11.9 Å². The number of thioether (sulfide) groups is 1. The summed E-state index contributed by atoms with van der Waals surface area (Å²) in [6.45, 7) is -0.498. The van der Waals surface area contributed by atoms with Gasteiger partial charge in [-0.2, -0.15) is 0 Å². The molecule has 2 heterocycles. The van der Waals surface area contributed by atoms with Crippen LogP contribution >= 0.6 is 34.4 Å². The van der Waals surface area contributed by atoms with Gasteiger partial charge in [-0.15, -0.1) is 0 Å². The molecule has 13 heteroatoms. The number of nitrogens with one attached hydrogen (secondary N) is 1. The minimum absolute atomic E-state index is 0.0598. The molecule has 3 aromatic rings. The number of fused-ring (bicyclic) bond motifs is 1. The van der Waals surface area contributed by atoms with E-state index in [9.17, 15) is 29.3 Å². The molecule has 2 aromatic carbocycles. The molecule has 0 aliphatic carbocycles. The third-order valence-corrected chi connectivity index (χ3v) is 6.83. The van der Waals surface area contributed by atoms with E-state index in [1.54, 1.807) is 24.3 Å². The zero-order chi connectivity index (χ0) is 24.7. The highest BCUT2D eigenvalue weighted by Gasteiger charge is 2.37. The van der Waals surface area contributed by atoms with Gasteiger partial charge in [0.05, 0.1) is 26.4 Å². The van der Waals surface area contributed by atoms with Crippen molar-refractivity contribution in [2.24, 2.45) is 14.1 Å². The summed E-state index contributed by atoms with van der Waals surface area (Å²) in [4.78, 5) is 61.6. The SMILES string of the molecule is Cn1c(=O)n(C)c2cc([N+](=O)[O-])c(/C=C3\SC(=O)N(CC(=O)Nc4ccc(I)cc4)C3=O)cc21. The largest absolute Gasteiger partial charge is 0.328 e. The van der Waals surface area contributed by atoms with Crippen LogP contribution in [0.25, 0.3) is 17.1 Å². The summed E-state index contributed by atoms with van der Waals surface area (Å²) in [5.41, 5.74) is 0.688. The number of aromatic nitrogens is 2. The number of aryl methyl sites for hydroxylation is 2. The number of imide groups is 1. The molecule has 0 unspecified atom stereocenters. The highest BCUT2D eigenvalue weighted by Crippen LogP contribution is 2.35. The fourth-order valence-electron chi connectivity index (χ4n) is 3.48. The number of halogens is 1. The van der Waals surface area contributed by atoms with Crippen LogP contribution in [0.15, 0.2) is 46.1 Å². The van der Waals surface area contributed by atoms with E-state index in [1.165, 1.54) is 41.4 Å². The van der Waals surface area contributed by atoms with Crippen LogP contribution in [-0.4, -0.2) is 42.6 Å². The fraction of sp³-hybridized carbons (Fsp3) is 0.143. The lowest BCUT2D eigenvalue weighted by Crippen LogP contribution is -2.36. The number of hydrogen-bond donors (Lipinski definition) is 1. The topological polar surface area (TPSA) is 137 Å². The van der Waals surface area contributed by atoms with Crippen molar-refractivity contribution >= 4 is 79.9 Å². The number of carbonyl (C=O) groups excluding carboxylic acids is 3. The average molecular weight is 593 g/mol. The number of rotatable bonds is 5. The van der Waals surface area contributed by atoms with Gasteiger partial charge < -0.3 is 5.32 Å². The second-order valence-electron chi connectivity index (χ2n) is 7.38. The molecule has 1 saturated heterocycles. The Bertz CT molecular complexity index is 1470. The van der Waals surface area contributed by atoms with E-state index in [0.29, 0.717) is 28.5 Å². The normalized spacial score (nSPS) is 14.9. The molecule has 0 atom stereocenters. The summed E-state index contributed by atoms with van der Waals surface area (Å²) in [5, 5.41) is 13.6. The van der Waals surface area contributed by atoms with E-state index in [2.05, 4.69) is 27.9 Å². The van der Waals surface area contributed by atoms with Gasteiger partial charge in [-0.05, 0) is 70.8 Å². The molecule has 174 valence electrons. The first-order chi connectivity index (χ1) is 16.1. The average Bonchev–Trinajstić information content (AvgIpc) is 3.17. The van der Waals surface area contributed by atoms with Gasteiger partial charge in [-0.1, -0.05) is 0 Å². The van der Waals surface area contributed by atoms with Crippen LogP contribution in [0.4, 0.5) is 16.2 Å². The number of benzene rings is 2. The number of amides is 3. The van der Waals surface area contributed by atoms with Crippen LogP contribution in [0, 0.1) is 13.7 Å². The maximum Gasteiger partial charge on any atom is 0.328 e. The van der Waals surface area contributed by atoms with Gasteiger partial charge in [0, 0.05) is 29.4 Å². The Morgan fingerprint density at radius 2 is 1.74 bits per heavy atom. The molecule has 0 radical (unpaired) electrons. The predicted molar refractivity (Wildman–Crippen MR) is 135 cm³/mol. The Kier molecular flexibility index (Phi) is 6.31. The van der Waals surface area contributed by atoms with Crippen molar-refractivity contribution in [2.45, 2.75) is 0 Å². The molecule has 4 rings (SSSR count). The molecular weight excluding hydrogens is 577 g/mol. The Morgan fingerprint density at radius 3 is 2.35 bits per heavy atom. The molecule has 34 heavy (non-hydrogen) atoms. The quantitative estimate of drug-likeness (QED) is 0.208. The van der Waals surface area contributed by atoms with Gasteiger partial charge in [0.1, 0.15) is 6.54 Å². The zero-order valence-corrected chi connectivity index (χ0v) is 20.7. The standard InChI is InChI=1S/C21H16IN5O6S/c1-24-15-7-11(14(27(32)33)9-16(15)25(2)20(24)30)8-17-19(29)26(21(31)34-17)10-18(28)23-13-5-3-12(22)4-6-13/h3-9H,10H2,1-2H3,(H,23,28)/b17-8-. The third-order valence-electron chi connectivity index (χ3n) is 5.21. The molecule has 3 amide bonds. The molecule has 1 fully saturated rings. The number of carbonyl (C=O) groups is 3. The molecule has 1 aromatic heterocycles. The molecular formula is C21H16IN5O6S. The van der Waals surface area contributed by atoms with Crippen LogP contribution < -0.4 is 11.0 Å². The van der Waals surface area contributed by atoms with Crippen LogP contribution in [0.3, 0.4) is 0 Å². The lowest BCUT2D eigenvalue weighted by atomic mass is 10.1. The monoisotopic (exact) mass is 593 g/mol. The number of nitro groups is 1. The maximum atomic E-state index is 12.8. The predicted octanol–water partition coefficient (Wildman–Crippen LogP) is 3.06. The number of anilines is 1. The van der Waals surface area contributed by atoms with Crippen molar-refractivity contribution in [1.29, 1.82) is 0 Å². The summed E-state index contributed by atoms with van der Waals surface area (Å²) in [5.74, 6) is -1.29. The lowest BCUT2D eigenvalue weighted by Gasteiger charge is -2.12. The molecule has 0 saturated carbocycles. The van der Waals surface area contributed by atoms with Crippen LogP contribution in [0.2, 0.25) is 0 Å². The van der Waals surface area contributed by atoms with Gasteiger partial charge in [0.15, 0.2) is 0 Å². The van der Waals surface area contributed by atoms with Gasteiger partial charge in [-0.3, -0.25) is 38.5 Å². The molecule has 0 bridgehead atoms. The minimum atomic E-state index is -0.732. The summed E-state index contributed by atoms with van der Waals surface area (Å²) in [6.07, 6.45) is 1.23. The smallest absolute Gasteiger partial charge is 0.325 e. The van der Waals surface area contributed by atoms with Gasteiger partial charge in [0.25, 0.3) is 16.8 Å². The van der Waals surface area contributed by atoms with Crippen molar-refractivity contribution in [3.05, 3.63) is 71.0 Å². The highest BCUT2D eigenvalue weighted by atomic mass is 127. The van der Waals surface area contributed by atoms with Crippen molar-refractivity contribution < 1.29 is 19.3 Å². The Morgan fingerprint density at radius 1 is 1.12 bits per heavy atom. The Hall–Kier alpha value is -3.46. The van der Waals surface area contributed by atoms with Gasteiger partial charge in [-0.25, -0.2) is 4.79 Å².